The van der Waals surface area contributed by atoms with Crippen molar-refractivity contribution in [2.24, 2.45) is 0 Å². The maximum Gasteiger partial charge on any atom is 0.255 e. The molecule has 0 aliphatic rings. The minimum Gasteiger partial charge on any atom is -0.497 e. The van der Waals surface area contributed by atoms with Crippen molar-refractivity contribution in [3.63, 3.8) is 0 Å². The van der Waals surface area contributed by atoms with Crippen LogP contribution in [0.3, 0.4) is 0 Å². The van der Waals surface area contributed by atoms with E-state index in [1.54, 1.807) is 38.1 Å². The number of nitrogens with zero attached hydrogens (tertiary/aromatic N) is 1. The molecule has 0 saturated heterocycles. The molecule has 0 radical (unpaired) electrons. The van der Waals surface area contributed by atoms with Gasteiger partial charge in [0.25, 0.3) is 5.91 Å². The van der Waals surface area contributed by atoms with Crippen molar-refractivity contribution >= 4 is 21.6 Å². The zero-order valence-corrected chi connectivity index (χ0v) is 16.7. The van der Waals surface area contributed by atoms with Crippen molar-refractivity contribution in [1.82, 2.24) is 4.31 Å². The molecular weight excluding hydrogens is 368 g/mol. The lowest BCUT2D eigenvalue weighted by Gasteiger charge is -2.19. The third-order valence-electron chi connectivity index (χ3n) is 4.09. The number of benzene rings is 2. The number of nitrogens with one attached hydrogen (secondary N) is 1. The molecule has 1 amide bonds. The van der Waals surface area contributed by atoms with Crippen molar-refractivity contribution in [3.05, 3.63) is 48.0 Å². The summed E-state index contributed by atoms with van der Waals surface area (Å²) in [5, 5.41) is 2.71. The molecule has 7 nitrogen and oxygen atoms in total. The zero-order chi connectivity index (χ0) is 20.0. The average molecular weight is 392 g/mol. The van der Waals surface area contributed by atoms with Crippen LogP contribution in [0.15, 0.2) is 47.4 Å². The quantitative estimate of drug-likeness (QED) is 0.746. The van der Waals surface area contributed by atoms with Gasteiger partial charge in [-0.2, -0.15) is 4.31 Å². The molecule has 2 aromatic carbocycles. The number of hydrogen-bond donors (Lipinski definition) is 1. The highest BCUT2D eigenvalue weighted by molar-refractivity contribution is 7.89. The van der Waals surface area contributed by atoms with Gasteiger partial charge in [0.2, 0.25) is 10.0 Å². The second-order valence-corrected chi connectivity index (χ2v) is 7.58. The Labute approximate surface area is 160 Å². The molecule has 2 aromatic rings. The molecular formula is C19H24N2O5S. The van der Waals surface area contributed by atoms with Crippen LogP contribution >= 0.6 is 0 Å². The van der Waals surface area contributed by atoms with Gasteiger partial charge in [-0.1, -0.05) is 19.9 Å². The number of hydrogen-bond acceptors (Lipinski definition) is 5. The van der Waals surface area contributed by atoms with Gasteiger partial charge in [-0.25, -0.2) is 8.42 Å². The molecule has 0 saturated carbocycles. The second-order valence-electron chi connectivity index (χ2n) is 5.64. The minimum atomic E-state index is -3.65. The standard InChI is InChI=1S/C19H24N2O5S/c1-5-21(6-2)27(23,24)16-10-11-18(26-4)17(13-16)20-19(22)14-8-7-9-15(12-14)25-3/h7-13H,5-6H2,1-4H3,(H,20,22). The first kappa shape index (κ1) is 20.7. The van der Waals surface area contributed by atoms with E-state index in [-0.39, 0.29) is 10.6 Å². The molecule has 0 heterocycles. The summed E-state index contributed by atoms with van der Waals surface area (Å²) in [5.74, 6) is 0.516. The summed E-state index contributed by atoms with van der Waals surface area (Å²) in [4.78, 5) is 12.7. The highest BCUT2D eigenvalue weighted by Gasteiger charge is 2.23. The molecule has 0 aliphatic heterocycles. The van der Waals surface area contributed by atoms with Gasteiger partial charge in [0.1, 0.15) is 11.5 Å². The Morgan fingerprint density at radius 2 is 1.74 bits per heavy atom. The third kappa shape index (κ3) is 4.58. The lowest BCUT2D eigenvalue weighted by atomic mass is 10.2. The SMILES string of the molecule is CCN(CC)S(=O)(=O)c1ccc(OC)c(NC(=O)c2cccc(OC)c2)c1. The van der Waals surface area contributed by atoms with E-state index < -0.39 is 15.9 Å². The highest BCUT2D eigenvalue weighted by atomic mass is 32.2. The van der Waals surface area contributed by atoms with Crippen LogP contribution in [0.2, 0.25) is 0 Å². The fourth-order valence-corrected chi connectivity index (χ4v) is 4.10. The molecule has 2 rings (SSSR count). The molecule has 0 aromatic heterocycles. The maximum atomic E-state index is 12.7. The van der Waals surface area contributed by atoms with Crippen LogP contribution in [0.5, 0.6) is 11.5 Å². The molecule has 8 heteroatoms. The molecule has 0 atom stereocenters. The van der Waals surface area contributed by atoms with E-state index in [4.69, 9.17) is 9.47 Å². The predicted octanol–water partition coefficient (Wildman–Crippen LogP) is 2.99. The predicted molar refractivity (Wildman–Crippen MR) is 104 cm³/mol. The molecule has 1 N–H and O–H groups in total. The molecule has 0 unspecified atom stereocenters. The lowest BCUT2D eigenvalue weighted by molar-refractivity contribution is 0.102. The van der Waals surface area contributed by atoms with Crippen LogP contribution in [0, 0.1) is 0 Å². The van der Waals surface area contributed by atoms with E-state index in [0.29, 0.717) is 30.2 Å². The van der Waals surface area contributed by atoms with Crippen molar-refractivity contribution < 1.29 is 22.7 Å². The Morgan fingerprint density at radius 3 is 2.33 bits per heavy atom. The Bertz CT molecular complexity index is 908. The number of carbonyl (C=O) groups excluding carboxylic acids is 1. The Balaban J connectivity index is 2.39. The summed E-state index contributed by atoms with van der Waals surface area (Å²) in [5.41, 5.74) is 0.659. The van der Waals surface area contributed by atoms with Crippen molar-refractivity contribution in [2.45, 2.75) is 18.7 Å². The number of amides is 1. The number of rotatable bonds is 8. The topological polar surface area (TPSA) is 84.9 Å². The van der Waals surface area contributed by atoms with E-state index in [1.807, 2.05) is 0 Å². The first-order valence-electron chi connectivity index (χ1n) is 8.50. The summed E-state index contributed by atoms with van der Waals surface area (Å²) in [6, 6.07) is 11.1. The molecule has 0 aliphatic carbocycles. The summed E-state index contributed by atoms with van der Waals surface area (Å²) >= 11 is 0. The number of anilines is 1. The van der Waals surface area contributed by atoms with Crippen LogP contribution in [0.1, 0.15) is 24.2 Å². The summed E-state index contributed by atoms with van der Waals surface area (Å²) in [6.07, 6.45) is 0. The summed E-state index contributed by atoms with van der Waals surface area (Å²) < 4.78 is 37.2. The van der Waals surface area contributed by atoms with Crippen molar-refractivity contribution in [3.8, 4) is 11.5 Å². The Hall–Kier alpha value is -2.58. The minimum absolute atomic E-state index is 0.0907. The zero-order valence-electron chi connectivity index (χ0n) is 15.9. The van der Waals surface area contributed by atoms with Gasteiger partial charge in [-0.05, 0) is 36.4 Å². The number of carbonyl (C=O) groups is 1. The highest BCUT2D eigenvalue weighted by Crippen LogP contribution is 2.29. The fraction of sp³-hybridized carbons (Fsp3) is 0.316. The number of methoxy groups -OCH3 is 2. The first-order valence-corrected chi connectivity index (χ1v) is 9.95. The van der Waals surface area contributed by atoms with Gasteiger partial charge in [-0.15, -0.1) is 0 Å². The van der Waals surface area contributed by atoms with E-state index in [0.717, 1.165) is 0 Å². The normalized spacial score (nSPS) is 11.3. The van der Waals surface area contributed by atoms with Gasteiger partial charge < -0.3 is 14.8 Å². The van der Waals surface area contributed by atoms with Gasteiger partial charge in [0.05, 0.1) is 24.8 Å². The fourth-order valence-electron chi connectivity index (χ4n) is 2.62. The van der Waals surface area contributed by atoms with Crippen LogP contribution in [0.4, 0.5) is 5.69 Å². The lowest BCUT2D eigenvalue weighted by Crippen LogP contribution is -2.30. The summed E-state index contributed by atoms with van der Waals surface area (Å²) in [6.45, 7) is 4.26. The number of sulfonamides is 1. The molecule has 0 bridgehead atoms. The van der Waals surface area contributed by atoms with E-state index in [9.17, 15) is 13.2 Å². The first-order chi connectivity index (χ1) is 12.9. The van der Waals surface area contributed by atoms with Crippen LogP contribution in [0.25, 0.3) is 0 Å². The van der Waals surface area contributed by atoms with Gasteiger partial charge >= 0.3 is 0 Å². The van der Waals surface area contributed by atoms with E-state index in [1.165, 1.54) is 36.7 Å². The maximum absolute atomic E-state index is 12.7. The van der Waals surface area contributed by atoms with Crippen molar-refractivity contribution in [1.29, 1.82) is 0 Å². The monoisotopic (exact) mass is 392 g/mol. The third-order valence-corrected chi connectivity index (χ3v) is 6.14. The molecule has 27 heavy (non-hydrogen) atoms. The second kappa shape index (κ2) is 8.88. The van der Waals surface area contributed by atoms with Crippen LogP contribution < -0.4 is 14.8 Å². The van der Waals surface area contributed by atoms with Gasteiger partial charge in [0, 0.05) is 18.7 Å². The average Bonchev–Trinajstić information content (AvgIpc) is 2.68. The van der Waals surface area contributed by atoms with E-state index in [2.05, 4.69) is 5.32 Å². The van der Waals surface area contributed by atoms with Crippen molar-refractivity contribution in [2.75, 3.05) is 32.6 Å². The smallest absolute Gasteiger partial charge is 0.255 e. The Morgan fingerprint density at radius 1 is 1.04 bits per heavy atom. The Kier molecular flexibility index (Phi) is 6.81. The summed E-state index contributed by atoms with van der Waals surface area (Å²) in [7, 11) is -0.684. The molecule has 146 valence electrons. The van der Waals surface area contributed by atoms with Crippen LogP contribution in [-0.2, 0) is 10.0 Å². The van der Waals surface area contributed by atoms with Gasteiger partial charge in [0.15, 0.2) is 0 Å². The van der Waals surface area contributed by atoms with E-state index >= 15 is 0 Å². The molecule has 0 spiro atoms. The van der Waals surface area contributed by atoms with Crippen LogP contribution in [-0.4, -0.2) is 45.9 Å². The number of ether oxygens (including phenoxy) is 2. The largest absolute Gasteiger partial charge is 0.497 e. The molecule has 0 fully saturated rings. The van der Waals surface area contributed by atoms with Gasteiger partial charge in [-0.3, -0.25) is 4.79 Å².